The summed E-state index contributed by atoms with van der Waals surface area (Å²) in [4.78, 5) is 2.41. The standard InChI is InChI=1S/C10H22N2/c1-4-9-12(5-2)10(3)7-6-8-11/h4,10H,1,5-9,11H2,2-3H3. The largest absolute Gasteiger partial charge is 0.330 e. The number of hydrogen-bond donors (Lipinski definition) is 1. The molecule has 12 heavy (non-hydrogen) atoms. The van der Waals surface area contributed by atoms with E-state index in [-0.39, 0.29) is 0 Å². The van der Waals surface area contributed by atoms with E-state index in [1.807, 2.05) is 6.08 Å². The van der Waals surface area contributed by atoms with Gasteiger partial charge in [0.25, 0.3) is 0 Å². The molecule has 0 saturated carbocycles. The molecule has 0 heterocycles. The molecule has 0 aromatic carbocycles. The Kier molecular flexibility index (Phi) is 7.11. The van der Waals surface area contributed by atoms with Gasteiger partial charge in [-0.15, -0.1) is 6.58 Å². The van der Waals surface area contributed by atoms with Gasteiger partial charge in [0.05, 0.1) is 0 Å². The zero-order valence-electron chi connectivity index (χ0n) is 8.42. The lowest BCUT2D eigenvalue weighted by Crippen LogP contribution is -2.33. The van der Waals surface area contributed by atoms with Crippen LogP contribution in [0.25, 0.3) is 0 Å². The topological polar surface area (TPSA) is 29.3 Å². The van der Waals surface area contributed by atoms with Gasteiger partial charge >= 0.3 is 0 Å². The Labute approximate surface area is 76.4 Å². The van der Waals surface area contributed by atoms with E-state index in [2.05, 4.69) is 25.3 Å². The maximum atomic E-state index is 5.45. The summed E-state index contributed by atoms with van der Waals surface area (Å²) in [6.45, 7) is 11.1. The van der Waals surface area contributed by atoms with Crippen LogP contribution in [-0.2, 0) is 0 Å². The highest BCUT2D eigenvalue weighted by Crippen LogP contribution is 2.05. The molecule has 2 nitrogen and oxygen atoms in total. The van der Waals surface area contributed by atoms with Gasteiger partial charge in [0.15, 0.2) is 0 Å². The number of hydrogen-bond acceptors (Lipinski definition) is 2. The number of likely N-dealkylation sites (N-methyl/N-ethyl adjacent to an activating group) is 1. The maximum Gasteiger partial charge on any atom is 0.0163 e. The molecule has 0 aliphatic carbocycles. The minimum absolute atomic E-state index is 0.636. The summed E-state index contributed by atoms with van der Waals surface area (Å²) in [7, 11) is 0. The Hall–Kier alpha value is -0.340. The van der Waals surface area contributed by atoms with Crippen molar-refractivity contribution in [3.8, 4) is 0 Å². The van der Waals surface area contributed by atoms with Crippen LogP contribution in [0.15, 0.2) is 12.7 Å². The molecule has 0 bridgehead atoms. The highest BCUT2D eigenvalue weighted by atomic mass is 15.1. The molecule has 2 N–H and O–H groups in total. The third kappa shape index (κ3) is 4.52. The van der Waals surface area contributed by atoms with Crippen LogP contribution in [-0.4, -0.2) is 30.6 Å². The fourth-order valence-corrected chi connectivity index (χ4v) is 1.38. The lowest BCUT2D eigenvalue weighted by Gasteiger charge is -2.26. The fourth-order valence-electron chi connectivity index (χ4n) is 1.38. The van der Waals surface area contributed by atoms with Gasteiger partial charge in [-0.2, -0.15) is 0 Å². The molecule has 0 fully saturated rings. The molecule has 1 atom stereocenters. The molecule has 72 valence electrons. The normalized spacial score (nSPS) is 13.3. The van der Waals surface area contributed by atoms with Crippen LogP contribution in [0.1, 0.15) is 26.7 Å². The Balaban J connectivity index is 3.67. The lowest BCUT2D eigenvalue weighted by molar-refractivity contribution is 0.230. The van der Waals surface area contributed by atoms with Gasteiger partial charge in [0.1, 0.15) is 0 Å². The van der Waals surface area contributed by atoms with Crippen molar-refractivity contribution in [2.75, 3.05) is 19.6 Å². The summed E-state index contributed by atoms with van der Waals surface area (Å²) >= 11 is 0. The van der Waals surface area contributed by atoms with Crippen LogP contribution in [0.4, 0.5) is 0 Å². The van der Waals surface area contributed by atoms with Crippen LogP contribution in [0.3, 0.4) is 0 Å². The van der Waals surface area contributed by atoms with Gasteiger partial charge < -0.3 is 5.73 Å². The van der Waals surface area contributed by atoms with Crippen LogP contribution in [0, 0.1) is 0 Å². The average molecular weight is 170 g/mol. The molecule has 0 radical (unpaired) electrons. The Morgan fingerprint density at radius 3 is 2.67 bits per heavy atom. The second-order valence-corrected chi connectivity index (χ2v) is 3.16. The highest BCUT2D eigenvalue weighted by Gasteiger charge is 2.08. The molecule has 1 unspecified atom stereocenters. The first-order valence-electron chi connectivity index (χ1n) is 4.81. The molecular weight excluding hydrogens is 148 g/mol. The molecule has 0 aliphatic heterocycles. The summed E-state index contributed by atoms with van der Waals surface area (Å²) in [6, 6.07) is 0.636. The minimum atomic E-state index is 0.636. The van der Waals surface area contributed by atoms with Crippen LogP contribution in [0.5, 0.6) is 0 Å². The first-order chi connectivity index (χ1) is 5.76. The van der Waals surface area contributed by atoms with Crippen molar-refractivity contribution >= 4 is 0 Å². The van der Waals surface area contributed by atoms with Crippen molar-refractivity contribution < 1.29 is 0 Å². The van der Waals surface area contributed by atoms with E-state index in [1.165, 1.54) is 6.42 Å². The Morgan fingerprint density at radius 2 is 2.25 bits per heavy atom. The third-order valence-electron chi connectivity index (χ3n) is 2.22. The summed E-state index contributed by atoms with van der Waals surface area (Å²) in [5, 5.41) is 0. The zero-order chi connectivity index (χ0) is 9.40. The minimum Gasteiger partial charge on any atom is -0.330 e. The quantitative estimate of drug-likeness (QED) is 0.588. The zero-order valence-corrected chi connectivity index (χ0v) is 8.42. The van der Waals surface area contributed by atoms with Crippen molar-refractivity contribution in [2.45, 2.75) is 32.7 Å². The summed E-state index contributed by atoms with van der Waals surface area (Å²) < 4.78 is 0. The number of nitrogens with zero attached hydrogens (tertiary/aromatic N) is 1. The molecule has 0 spiro atoms. The van der Waals surface area contributed by atoms with E-state index in [9.17, 15) is 0 Å². The first kappa shape index (κ1) is 11.7. The number of rotatable bonds is 7. The van der Waals surface area contributed by atoms with Gasteiger partial charge in [-0.1, -0.05) is 13.0 Å². The van der Waals surface area contributed by atoms with E-state index in [4.69, 9.17) is 5.73 Å². The van der Waals surface area contributed by atoms with E-state index < -0.39 is 0 Å². The van der Waals surface area contributed by atoms with E-state index in [0.29, 0.717) is 6.04 Å². The predicted molar refractivity (Wildman–Crippen MR) is 55.2 cm³/mol. The van der Waals surface area contributed by atoms with Gasteiger partial charge in [0.2, 0.25) is 0 Å². The van der Waals surface area contributed by atoms with E-state index in [1.54, 1.807) is 0 Å². The smallest absolute Gasteiger partial charge is 0.0163 e. The molecule has 0 saturated heterocycles. The first-order valence-corrected chi connectivity index (χ1v) is 4.81. The Bertz CT molecular complexity index is 112. The average Bonchev–Trinajstić information content (AvgIpc) is 2.10. The monoisotopic (exact) mass is 170 g/mol. The van der Waals surface area contributed by atoms with Crippen molar-refractivity contribution in [1.82, 2.24) is 4.90 Å². The van der Waals surface area contributed by atoms with Gasteiger partial charge in [-0.05, 0) is 32.9 Å². The molecule has 0 aromatic heterocycles. The van der Waals surface area contributed by atoms with Crippen molar-refractivity contribution in [3.05, 3.63) is 12.7 Å². The predicted octanol–water partition coefficient (Wildman–Crippen LogP) is 1.62. The maximum absolute atomic E-state index is 5.45. The Morgan fingerprint density at radius 1 is 1.58 bits per heavy atom. The SMILES string of the molecule is C=CCN(CC)C(C)CCCN. The van der Waals surface area contributed by atoms with Gasteiger partial charge in [-0.25, -0.2) is 0 Å². The number of nitrogens with two attached hydrogens (primary N) is 1. The highest BCUT2D eigenvalue weighted by molar-refractivity contribution is 4.76. The second kappa shape index (κ2) is 7.32. The van der Waals surface area contributed by atoms with Crippen molar-refractivity contribution in [2.24, 2.45) is 5.73 Å². The van der Waals surface area contributed by atoms with E-state index in [0.717, 1.165) is 26.1 Å². The van der Waals surface area contributed by atoms with Crippen molar-refractivity contribution in [1.29, 1.82) is 0 Å². The summed E-state index contributed by atoms with van der Waals surface area (Å²) in [5.41, 5.74) is 5.45. The molecule has 0 aliphatic rings. The van der Waals surface area contributed by atoms with Crippen LogP contribution in [0.2, 0.25) is 0 Å². The molecular formula is C10H22N2. The summed E-state index contributed by atoms with van der Waals surface area (Å²) in [6.07, 6.45) is 4.27. The van der Waals surface area contributed by atoms with E-state index >= 15 is 0 Å². The molecule has 0 rings (SSSR count). The molecule has 0 amide bonds. The second-order valence-electron chi connectivity index (χ2n) is 3.16. The summed E-state index contributed by atoms with van der Waals surface area (Å²) in [5.74, 6) is 0. The molecule has 0 aromatic rings. The fraction of sp³-hybridized carbons (Fsp3) is 0.800. The van der Waals surface area contributed by atoms with Crippen LogP contribution < -0.4 is 5.73 Å². The molecule has 2 heteroatoms. The van der Waals surface area contributed by atoms with Crippen LogP contribution >= 0.6 is 0 Å². The lowest BCUT2D eigenvalue weighted by atomic mass is 10.1. The van der Waals surface area contributed by atoms with Crippen molar-refractivity contribution in [3.63, 3.8) is 0 Å². The van der Waals surface area contributed by atoms with Gasteiger partial charge in [-0.3, -0.25) is 4.90 Å². The van der Waals surface area contributed by atoms with Gasteiger partial charge in [0, 0.05) is 12.6 Å². The third-order valence-corrected chi connectivity index (χ3v) is 2.22.